The highest BCUT2D eigenvalue weighted by molar-refractivity contribution is 7.09. The van der Waals surface area contributed by atoms with Crippen LogP contribution in [0.15, 0.2) is 17.8 Å². The van der Waals surface area contributed by atoms with Crippen LogP contribution in [0.2, 0.25) is 0 Å². The number of nitrogens with one attached hydrogen (secondary N) is 1. The van der Waals surface area contributed by atoms with Crippen LogP contribution in [0, 0.1) is 5.92 Å². The van der Waals surface area contributed by atoms with E-state index in [1.54, 1.807) is 17.5 Å². The highest BCUT2D eigenvalue weighted by Gasteiger charge is 2.24. The van der Waals surface area contributed by atoms with Crippen molar-refractivity contribution in [2.45, 2.75) is 39.3 Å². The van der Waals surface area contributed by atoms with Crippen LogP contribution in [0.5, 0.6) is 0 Å². The van der Waals surface area contributed by atoms with Gasteiger partial charge in [-0.2, -0.15) is 0 Å². The molecule has 0 spiro atoms. The predicted octanol–water partition coefficient (Wildman–Crippen LogP) is 1.92. The molecule has 1 aliphatic rings. The van der Waals surface area contributed by atoms with E-state index < -0.39 is 0 Å². The highest BCUT2D eigenvalue weighted by atomic mass is 32.1. The Balaban J connectivity index is 1.48. The van der Waals surface area contributed by atoms with Crippen molar-refractivity contribution in [1.82, 2.24) is 30.2 Å². The molecule has 1 aliphatic heterocycles. The van der Waals surface area contributed by atoms with Crippen LogP contribution in [0.25, 0.3) is 0 Å². The van der Waals surface area contributed by atoms with E-state index in [-0.39, 0.29) is 6.03 Å². The number of aryl methyl sites for hydroxylation is 1. The molecule has 2 amide bonds. The Morgan fingerprint density at radius 3 is 3.17 bits per heavy atom. The molecular weight excluding hydrogens is 312 g/mol. The lowest BCUT2D eigenvalue weighted by molar-refractivity contribution is 0.157. The summed E-state index contributed by atoms with van der Waals surface area (Å²) in [6.45, 7) is 4.99. The summed E-state index contributed by atoms with van der Waals surface area (Å²) in [5.41, 5.74) is 0.941. The second kappa shape index (κ2) is 7.54. The van der Waals surface area contributed by atoms with E-state index in [4.69, 9.17) is 0 Å². The van der Waals surface area contributed by atoms with Crippen molar-refractivity contribution in [3.63, 3.8) is 0 Å². The molecule has 23 heavy (non-hydrogen) atoms. The maximum atomic E-state index is 12.4. The second-order valence-corrected chi connectivity index (χ2v) is 6.77. The molecule has 1 fully saturated rings. The molecule has 124 valence electrons. The largest absolute Gasteiger partial charge is 0.332 e. The number of urea groups is 1. The summed E-state index contributed by atoms with van der Waals surface area (Å²) >= 11 is 1.65. The lowest BCUT2D eigenvalue weighted by atomic mass is 9.98. The van der Waals surface area contributed by atoms with Crippen molar-refractivity contribution in [2.24, 2.45) is 5.92 Å². The van der Waals surface area contributed by atoms with E-state index in [0.29, 0.717) is 12.5 Å². The molecule has 3 rings (SSSR count). The third-order valence-corrected chi connectivity index (χ3v) is 5.09. The number of carbonyl (C=O) groups excluding carboxylic acids is 1. The molecule has 0 aliphatic carbocycles. The smallest absolute Gasteiger partial charge is 0.317 e. The average Bonchev–Trinajstić information content (AvgIpc) is 3.24. The zero-order valence-electron chi connectivity index (χ0n) is 13.3. The first-order chi connectivity index (χ1) is 11.2. The van der Waals surface area contributed by atoms with E-state index in [0.717, 1.165) is 49.6 Å². The molecule has 0 saturated carbocycles. The number of aromatic nitrogens is 4. The molecule has 1 saturated heterocycles. The van der Waals surface area contributed by atoms with E-state index in [2.05, 4.69) is 27.5 Å². The van der Waals surface area contributed by atoms with Crippen molar-refractivity contribution < 1.29 is 4.79 Å². The Morgan fingerprint density at radius 1 is 1.52 bits per heavy atom. The fraction of sp³-hybridized carbons (Fsp3) is 0.600. The van der Waals surface area contributed by atoms with Gasteiger partial charge in [-0.3, -0.25) is 4.68 Å². The Morgan fingerprint density at radius 2 is 2.43 bits per heavy atom. The predicted molar refractivity (Wildman–Crippen MR) is 88.0 cm³/mol. The quantitative estimate of drug-likeness (QED) is 0.906. The fourth-order valence-electron chi connectivity index (χ4n) is 2.86. The van der Waals surface area contributed by atoms with Crippen LogP contribution in [0.3, 0.4) is 0 Å². The maximum absolute atomic E-state index is 12.4. The zero-order chi connectivity index (χ0) is 16.1. The van der Waals surface area contributed by atoms with Crippen LogP contribution in [-0.4, -0.2) is 44.0 Å². The van der Waals surface area contributed by atoms with Gasteiger partial charge in [0.05, 0.1) is 23.4 Å². The van der Waals surface area contributed by atoms with Gasteiger partial charge in [0, 0.05) is 31.2 Å². The SMILES string of the molecule is CCc1nc(CNC(=O)N2CCC[C@H](Cn3ccnn3)C2)cs1. The Bertz CT molecular complexity index is 626. The number of thiazole rings is 1. The first-order valence-electron chi connectivity index (χ1n) is 8.04. The van der Waals surface area contributed by atoms with Crippen molar-refractivity contribution in [1.29, 1.82) is 0 Å². The van der Waals surface area contributed by atoms with Crippen LogP contribution in [0.1, 0.15) is 30.5 Å². The number of hydrogen-bond donors (Lipinski definition) is 1. The van der Waals surface area contributed by atoms with Crippen LogP contribution in [-0.2, 0) is 19.5 Å². The zero-order valence-corrected chi connectivity index (χ0v) is 14.1. The minimum atomic E-state index is -0.000612. The molecule has 0 radical (unpaired) electrons. The monoisotopic (exact) mass is 334 g/mol. The van der Waals surface area contributed by atoms with E-state index >= 15 is 0 Å². The third-order valence-electron chi connectivity index (χ3n) is 4.05. The van der Waals surface area contributed by atoms with Gasteiger partial charge in [-0.05, 0) is 25.2 Å². The van der Waals surface area contributed by atoms with Crippen molar-refractivity contribution >= 4 is 17.4 Å². The van der Waals surface area contributed by atoms with Gasteiger partial charge in [0.15, 0.2) is 0 Å². The number of hydrogen-bond acceptors (Lipinski definition) is 5. The van der Waals surface area contributed by atoms with Crippen LogP contribution in [0.4, 0.5) is 4.79 Å². The lowest BCUT2D eigenvalue weighted by Gasteiger charge is -2.32. The fourth-order valence-corrected chi connectivity index (χ4v) is 3.61. The Hall–Kier alpha value is -1.96. The van der Waals surface area contributed by atoms with E-state index in [1.807, 2.05) is 21.2 Å². The minimum absolute atomic E-state index is 0.000612. The van der Waals surface area contributed by atoms with E-state index in [1.165, 1.54) is 0 Å². The maximum Gasteiger partial charge on any atom is 0.317 e. The number of nitrogens with zero attached hydrogens (tertiary/aromatic N) is 5. The summed E-state index contributed by atoms with van der Waals surface area (Å²) in [4.78, 5) is 18.7. The summed E-state index contributed by atoms with van der Waals surface area (Å²) in [6.07, 6.45) is 6.64. The van der Waals surface area contributed by atoms with Gasteiger partial charge in [-0.15, -0.1) is 16.4 Å². The number of rotatable bonds is 5. The van der Waals surface area contributed by atoms with Gasteiger partial charge in [0.25, 0.3) is 0 Å². The number of piperidine rings is 1. The highest BCUT2D eigenvalue weighted by Crippen LogP contribution is 2.18. The summed E-state index contributed by atoms with van der Waals surface area (Å²) in [5, 5.41) is 13.9. The Kier molecular flexibility index (Phi) is 5.22. The molecule has 3 heterocycles. The standard InChI is InChI=1S/C15H22N6OS/c1-2-14-18-13(11-23-14)8-16-15(22)20-6-3-4-12(9-20)10-21-7-5-17-19-21/h5,7,11-12H,2-4,6,8-10H2,1H3,(H,16,22)/t12-/m0/s1. The first-order valence-corrected chi connectivity index (χ1v) is 8.92. The van der Waals surface area contributed by atoms with Crippen molar-refractivity contribution in [3.8, 4) is 0 Å². The van der Waals surface area contributed by atoms with E-state index in [9.17, 15) is 4.79 Å². The van der Waals surface area contributed by atoms with Gasteiger partial charge < -0.3 is 10.2 Å². The van der Waals surface area contributed by atoms with Gasteiger partial charge in [-0.25, -0.2) is 9.78 Å². The average molecular weight is 334 g/mol. The summed E-state index contributed by atoms with van der Waals surface area (Å²) in [5.74, 6) is 0.433. The van der Waals surface area contributed by atoms with Gasteiger partial charge in [0.2, 0.25) is 0 Å². The molecule has 8 heteroatoms. The molecule has 2 aromatic heterocycles. The number of likely N-dealkylation sites (tertiary alicyclic amines) is 1. The van der Waals surface area contributed by atoms with Gasteiger partial charge in [-0.1, -0.05) is 12.1 Å². The topological polar surface area (TPSA) is 75.9 Å². The first kappa shape index (κ1) is 15.9. The van der Waals surface area contributed by atoms with Crippen LogP contribution < -0.4 is 5.32 Å². The summed E-state index contributed by atoms with van der Waals surface area (Å²) in [6, 6.07) is -0.000612. The van der Waals surface area contributed by atoms with Gasteiger partial charge >= 0.3 is 6.03 Å². The molecule has 1 N–H and O–H groups in total. The summed E-state index contributed by atoms with van der Waals surface area (Å²) < 4.78 is 1.84. The molecule has 2 aromatic rings. The normalized spacial score (nSPS) is 18.1. The van der Waals surface area contributed by atoms with Crippen molar-refractivity contribution in [2.75, 3.05) is 13.1 Å². The molecule has 0 unspecified atom stereocenters. The number of amides is 2. The third kappa shape index (κ3) is 4.28. The molecule has 0 bridgehead atoms. The lowest BCUT2D eigenvalue weighted by Crippen LogP contribution is -2.46. The van der Waals surface area contributed by atoms with Crippen molar-refractivity contribution in [3.05, 3.63) is 28.5 Å². The second-order valence-electron chi connectivity index (χ2n) is 5.82. The number of carbonyl (C=O) groups is 1. The molecular formula is C15H22N6OS. The summed E-state index contributed by atoms with van der Waals surface area (Å²) in [7, 11) is 0. The molecule has 7 nitrogen and oxygen atoms in total. The van der Waals surface area contributed by atoms with Gasteiger partial charge in [0.1, 0.15) is 0 Å². The molecule has 1 atom stereocenters. The Labute approximate surface area is 139 Å². The minimum Gasteiger partial charge on any atom is -0.332 e. The molecule has 0 aromatic carbocycles. The van der Waals surface area contributed by atoms with Crippen LogP contribution >= 0.6 is 11.3 Å².